The molecule has 8 heteroatoms. The summed E-state index contributed by atoms with van der Waals surface area (Å²) >= 11 is 0. The summed E-state index contributed by atoms with van der Waals surface area (Å²) in [5.74, 6) is 0.181. The first-order chi connectivity index (χ1) is 15.2. The highest BCUT2D eigenvalue weighted by molar-refractivity contribution is 5.81. The van der Waals surface area contributed by atoms with Gasteiger partial charge in [0.05, 0.1) is 7.11 Å². The molecule has 0 radical (unpaired) electrons. The van der Waals surface area contributed by atoms with Crippen LogP contribution in [0.15, 0.2) is 30.3 Å². The lowest BCUT2D eigenvalue weighted by Gasteiger charge is -2.30. The molecule has 1 aromatic rings. The fourth-order valence-corrected chi connectivity index (χ4v) is 3.81. The molecule has 1 saturated carbocycles. The molecule has 0 saturated heterocycles. The average Bonchev–Trinajstić information content (AvgIpc) is 2.75. The van der Waals surface area contributed by atoms with Gasteiger partial charge in [-0.15, -0.1) is 0 Å². The van der Waals surface area contributed by atoms with E-state index < -0.39 is 29.8 Å². The summed E-state index contributed by atoms with van der Waals surface area (Å²) in [4.78, 5) is 36.2. The third kappa shape index (κ3) is 9.58. The van der Waals surface area contributed by atoms with E-state index in [2.05, 4.69) is 10.6 Å². The fourth-order valence-electron chi connectivity index (χ4n) is 3.81. The molecule has 32 heavy (non-hydrogen) atoms. The van der Waals surface area contributed by atoms with E-state index in [-0.39, 0.29) is 12.5 Å². The Kier molecular flexibility index (Phi) is 9.81. The number of carbonyl (C=O) groups excluding carboxylic acids is 3. The van der Waals surface area contributed by atoms with Gasteiger partial charge in [-0.1, -0.05) is 43.2 Å². The molecule has 1 aliphatic rings. The molecule has 1 atom stereocenters. The molecule has 0 aliphatic heterocycles. The standard InChI is InChI=1S/C24H36N2O6/c1-24(2,3)32-22(28)25-15-18-12-10-17(11-13-18)14-20(21(27)30-4)26-23(29)31-16-19-8-6-5-7-9-19/h5-9,17-18,20H,10-16H2,1-4H3,(H,25,28)(H,26,29)/t17-,18-,20-/m0/s1. The second kappa shape index (κ2) is 12.3. The summed E-state index contributed by atoms with van der Waals surface area (Å²) in [6, 6.07) is 8.60. The Morgan fingerprint density at radius 2 is 1.62 bits per heavy atom. The molecule has 8 nitrogen and oxygen atoms in total. The van der Waals surface area contributed by atoms with Gasteiger partial charge in [-0.05, 0) is 57.4 Å². The minimum Gasteiger partial charge on any atom is -0.467 e. The van der Waals surface area contributed by atoms with Crippen molar-refractivity contribution < 1.29 is 28.6 Å². The lowest BCUT2D eigenvalue weighted by Crippen LogP contribution is -2.43. The average molecular weight is 449 g/mol. The number of nitrogens with one attached hydrogen (secondary N) is 2. The highest BCUT2D eigenvalue weighted by atomic mass is 16.6. The van der Waals surface area contributed by atoms with Crippen molar-refractivity contribution in [1.82, 2.24) is 10.6 Å². The molecule has 1 aliphatic carbocycles. The Balaban J connectivity index is 1.75. The van der Waals surface area contributed by atoms with Crippen LogP contribution >= 0.6 is 0 Å². The number of benzene rings is 1. The van der Waals surface area contributed by atoms with Crippen molar-refractivity contribution in [2.45, 2.75) is 71.1 Å². The molecule has 1 aromatic carbocycles. The van der Waals surface area contributed by atoms with Gasteiger partial charge < -0.3 is 24.8 Å². The third-order valence-electron chi connectivity index (χ3n) is 5.46. The minimum absolute atomic E-state index is 0.135. The topological polar surface area (TPSA) is 103 Å². The summed E-state index contributed by atoms with van der Waals surface area (Å²) < 4.78 is 15.4. The van der Waals surface area contributed by atoms with Gasteiger partial charge in [-0.25, -0.2) is 14.4 Å². The van der Waals surface area contributed by atoms with E-state index in [4.69, 9.17) is 14.2 Å². The second-order valence-electron chi connectivity index (χ2n) is 9.29. The number of hydrogen-bond acceptors (Lipinski definition) is 6. The molecule has 0 heterocycles. The Bertz CT molecular complexity index is 739. The van der Waals surface area contributed by atoms with E-state index in [1.807, 2.05) is 51.1 Å². The lowest BCUT2D eigenvalue weighted by molar-refractivity contribution is -0.143. The van der Waals surface area contributed by atoms with Crippen molar-refractivity contribution in [3.63, 3.8) is 0 Å². The quantitative estimate of drug-likeness (QED) is 0.457. The van der Waals surface area contributed by atoms with Crippen LogP contribution < -0.4 is 10.6 Å². The van der Waals surface area contributed by atoms with Crippen LogP contribution in [0, 0.1) is 11.8 Å². The minimum atomic E-state index is -0.746. The fraction of sp³-hybridized carbons (Fsp3) is 0.625. The number of rotatable bonds is 8. The first kappa shape index (κ1) is 25.5. The van der Waals surface area contributed by atoms with Crippen molar-refractivity contribution >= 4 is 18.2 Å². The zero-order valence-corrected chi connectivity index (χ0v) is 19.5. The molecular formula is C24H36N2O6. The van der Waals surface area contributed by atoms with Gasteiger partial charge >= 0.3 is 18.2 Å². The largest absolute Gasteiger partial charge is 0.467 e. The number of alkyl carbamates (subject to hydrolysis) is 2. The van der Waals surface area contributed by atoms with Crippen LogP contribution in [0.2, 0.25) is 0 Å². The van der Waals surface area contributed by atoms with Gasteiger partial charge in [0.25, 0.3) is 0 Å². The lowest BCUT2D eigenvalue weighted by atomic mass is 9.79. The van der Waals surface area contributed by atoms with Crippen LogP contribution in [0.25, 0.3) is 0 Å². The van der Waals surface area contributed by atoms with Crippen molar-refractivity contribution in [2.75, 3.05) is 13.7 Å². The third-order valence-corrected chi connectivity index (χ3v) is 5.46. The Morgan fingerprint density at radius 1 is 1.00 bits per heavy atom. The molecule has 2 N–H and O–H groups in total. The van der Waals surface area contributed by atoms with Crippen molar-refractivity contribution in [3.8, 4) is 0 Å². The summed E-state index contributed by atoms with van der Waals surface area (Å²) in [7, 11) is 1.31. The molecule has 2 amide bonds. The van der Waals surface area contributed by atoms with Gasteiger partial charge in [-0.2, -0.15) is 0 Å². The molecule has 0 aromatic heterocycles. The number of carbonyl (C=O) groups is 3. The van der Waals surface area contributed by atoms with E-state index in [1.165, 1.54) is 7.11 Å². The molecule has 0 spiro atoms. The highest BCUT2D eigenvalue weighted by Crippen LogP contribution is 2.31. The van der Waals surface area contributed by atoms with Gasteiger partial charge in [-0.3, -0.25) is 0 Å². The summed E-state index contributed by atoms with van der Waals surface area (Å²) in [5, 5.41) is 5.49. The first-order valence-electron chi connectivity index (χ1n) is 11.2. The van der Waals surface area contributed by atoms with Crippen LogP contribution in [0.4, 0.5) is 9.59 Å². The number of esters is 1. The predicted octanol–water partition coefficient (Wildman–Crippen LogP) is 4.18. The van der Waals surface area contributed by atoms with E-state index in [0.29, 0.717) is 18.9 Å². The number of hydrogen-bond donors (Lipinski definition) is 2. The van der Waals surface area contributed by atoms with E-state index in [9.17, 15) is 14.4 Å². The second-order valence-corrected chi connectivity index (χ2v) is 9.29. The maximum Gasteiger partial charge on any atom is 0.408 e. The van der Waals surface area contributed by atoms with Gasteiger partial charge in [0.2, 0.25) is 0 Å². The zero-order valence-electron chi connectivity index (χ0n) is 19.5. The normalized spacial score (nSPS) is 19.4. The molecule has 0 bridgehead atoms. The Hall–Kier alpha value is -2.77. The number of methoxy groups -OCH3 is 1. The van der Waals surface area contributed by atoms with Crippen LogP contribution in [0.1, 0.15) is 58.4 Å². The predicted molar refractivity (Wildman–Crippen MR) is 120 cm³/mol. The smallest absolute Gasteiger partial charge is 0.408 e. The van der Waals surface area contributed by atoms with Crippen LogP contribution in [0.3, 0.4) is 0 Å². The number of amides is 2. The van der Waals surface area contributed by atoms with Crippen LogP contribution in [-0.4, -0.2) is 43.5 Å². The van der Waals surface area contributed by atoms with Gasteiger partial charge in [0.1, 0.15) is 18.2 Å². The van der Waals surface area contributed by atoms with E-state index >= 15 is 0 Å². The van der Waals surface area contributed by atoms with E-state index in [0.717, 1.165) is 31.2 Å². The van der Waals surface area contributed by atoms with Crippen molar-refractivity contribution in [2.24, 2.45) is 11.8 Å². The molecule has 1 fully saturated rings. The maximum absolute atomic E-state index is 12.2. The molecule has 2 rings (SSSR count). The Labute approximate surface area is 190 Å². The monoisotopic (exact) mass is 448 g/mol. The van der Waals surface area contributed by atoms with Crippen LogP contribution in [0.5, 0.6) is 0 Å². The first-order valence-corrected chi connectivity index (χ1v) is 11.2. The van der Waals surface area contributed by atoms with Gasteiger partial charge in [0.15, 0.2) is 0 Å². The SMILES string of the molecule is COC(=O)[C@H](C[C@H]1CC[C@H](CNC(=O)OC(C)(C)C)CC1)NC(=O)OCc1ccccc1. The summed E-state index contributed by atoms with van der Waals surface area (Å²) in [5.41, 5.74) is 0.357. The number of ether oxygens (including phenoxy) is 3. The molecular weight excluding hydrogens is 412 g/mol. The summed E-state index contributed by atoms with van der Waals surface area (Å²) in [6.45, 7) is 6.21. The summed E-state index contributed by atoms with van der Waals surface area (Å²) in [6.07, 6.45) is 3.16. The maximum atomic E-state index is 12.2. The Morgan fingerprint density at radius 3 is 2.22 bits per heavy atom. The highest BCUT2D eigenvalue weighted by Gasteiger charge is 2.29. The molecule has 0 unspecified atom stereocenters. The van der Waals surface area contributed by atoms with Crippen molar-refractivity contribution in [3.05, 3.63) is 35.9 Å². The zero-order chi connectivity index (χ0) is 23.6. The molecule has 178 valence electrons. The van der Waals surface area contributed by atoms with Crippen molar-refractivity contribution in [1.29, 1.82) is 0 Å². The van der Waals surface area contributed by atoms with Gasteiger partial charge in [0, 0.05) is 6.54 Å². The van der Waals surface area contributed by atoms with Crippen LogP contribution in [-0.2, 0) is 25.6 Å². The van der Waals surface area contributed by atoms with E-state index in [1.54, 1.807) is 0 Å².